The highest BCUT2D eigenvalue weighted by molar-refractivity contribution is 5.44. The summed E-state index contributed by atoms with van der Waals surface area (Å²) in [5, 5.41) is 0. The van der Waals surface area contributed by atoms with Gasteiger partial charge >= 0.3 is 0 Å². The third kappa shape index (κ3) is 1.21. The third-order valence-corrected chi connectivity index (χ3v) is 1.12. The van der Waals surface area contributed by atoms with E-state index < -0.39 is 6.43 Å². The number of nitrogen functional groups attached to an aromatic ring is 1. The Hall–Kier alpha value is -1.19. The van der Waals surface area contributed by atoms with Gasteiger partial charge in [-0.25, -0.2) is 8.78 Å². The third-order valence-electron chi connectivity index (χ3n) is 1.12. The van der Waals surface area contributed by atoms with E-state index >= 15 is 0 Å². The molecule has 0 radical (unpaired) electrons. The number of hydrogen-bond acceptors (Lipinski definition) is 2. The topological polar surface area (TPSA) is 38.9 Å². The minimum atomic E-state index is -2.51. The van der Waals surface area contributed by atoms with Gasteiger partial charge in [0.15, 0.2) is 0 Å². The maximum absolute atomic E-state index is 11.9. The number of anilines is 1. The van der Waals surface area contributed by atoms with Gasteiger partial charge in [-0.05, 0) is 6.07 Å². The predicted octanol–water partition coefficient (Wildman–Crippen LogP) is 1.60. The molecule has 0 atom stereocenters. The second-order valence-electron chi connectivity index (χ2n) is 1.81. The van der Waals surface area contributed by atoms with Crippen LogP contribution in [0, 0.1) is 0 Å². The summed E-state index contributed by atoms with van der Waals surface area (Å²) >= 11 is 0. The molecule has 0 aliphatic carbocycles. The first-order chi connectivity index (χ1) is 4.72. The summed E-state index contributed by atoms with van der Waals surface area (Å²) in [7, 11) is 0. The van der Waals surface area contributed by atoms with Gasteiger partial charge in [0, 0.05) is 11.8 Å². The number of aromatic nitrogens is 1. The van der Waals surface area contributed by atoms with Crippen LogP contribution in [0.2, 0.25) is 0 Å². The SMILES string of the molecule is Nc1cnccc1C(F)F. The molecule has 0 aliphatic heterocycles. The van der Waals surface area contributed by atoms with Gasteiger partial charge in [-0.2, -0.15) is 0 Å². The lowest BCUT2D eigenvalue weighted by molar-refractivity contribution is 0.152. The Morgan fingerprint density at radius 1 is 1.50 bits per heavy atom. The van der Waals surface area contributed by atoms with Crippen molar-refractivity contribution in [2.45, 2.75) is 6.43 Å². The van der Waals surface area contributed by atoms with Crippen molar-refractivity contribution in [2.24, 2.45) is 0 Å². The Bertz CT molecular complexity index is 225. The zero-order chi connectivity index (χ0) is 7.56. The summed E-state index contributed by atoms with van der Waals surface area (Å²) in [6, 6.07) is 1.21. The monoisotopic (exact) mass is 144 g/mol. The molecule has 10 heavy (non-hydrogen) atoms. The highest BCUT2D eigenvalue weighted by Crippen LogP contribution is 2.22. The van der Waals surface area contributed by atoms with Gasteiger partial charge in [-0.15, -0.1) is 0 Å². The van der Waals surface area contributed by atoms with Gasteiger partial charge < -0.3 is 5.73 Å². The predicted molar refractivity (Wildman–Crippen MR) is 33.6 cm³/mol. The molecule has 54 valence electrons. The molecule has 0 spiro atoms. The molecule has 0 fully saturated rings. The Morgan fingerprint density at radius 2 is 2.20 bits per heavy atom. The summed E-state index contributed by atoms with van der Waals surface area (Å²) in [6.07, 6.45) is -0.0118. The van der Waals surface area contributed by atoms with Crippen LogP contribution >= 0.6 is 0 Å². The maximum atomic E-state index is 11.9. The summed E-state index contributed by atoms with van der Waals surface area (Å²) in [4.78, 5) is 3.57. The fourth-order valence-electron chi connectivity index (χ4n) is 0.616. The molecule has 0 aliphatic rings. The molecule has 0 bridgehead atoms. The lowest BCUT2D eigenvalue weighted by Gasteiger charge is -2.00. The van der Waals surface area contributed by atoms with Crippen molar-refractivity contribution >= 4 is 5.69 Å². The molecular formula is C6H6F2N2. The van der Waals surface area contributed by atoms with Gasteiger partial charge in [-0.3, -0.25) is 4.98 Å². The van der Waals surface area contributed by atoms with Crippen molar-refractivity contribution in [3.05, 3.63) is 24.0 Å². The minimum Gasteiger partial charge on any atom is -0.397 e. The van der Waals surface area contributed by atoms with Crippen LogP contribution < -0.4 is 5.73 Å². The minimum absolute atomic E-state index is 0.0394. The van der Waals surface area contributed by atoms with E-state index in [2.05, 4.69) is 4.98 Å². The molecule has 0 aromatic carbocycles. The van der Waals surface area contributed by atoms with Gasteiger partial charge in [0.2, 0.25) is 0 Å². The number of rotatable bonds is 1. The summed E-state index contributed by atoms with van der Waals surface area (Å²) in [5.41, 5.74) is 5.06. The molecular weight excluding hydrogens is 138 g/mol. The van der Waals surface area contributed by atoms with E-state index in [1.165, 1.54) is 18.5 Å². The van der Waals surface area contributed by atoms with Crippen LogP contribution in [0.3, 0.4) is 0 Å². The lowest BCUT2D eigenvalue weighted by Crippen LogP contribution is -1.94. The van der Waals surface area contributed by atoms with E-state index in [-0.39, 0.29) is 11.3 Å². The van der Waals surface area contributed by atoms with Crippen LogP contribution in [0.1, 0.15) is 12.0 Å². The van der Waals surface area contributed by atoms with Gasteiger partial charge in [0.25, 0.3) is 6.43 Å². The number of hydrogen-bond donors (Lipinski definition) is 1. The molecule has 1 heterocycles. The molecule has 4 heteroatoms. The average molecular weight is 144 g/mol. The largest absolute Gasteiger partial charge is 0.397 e. The molecule has 0 saturated carbocycles. The van der Waals surface area contributed by atoms with Crippen LogP contribution in [-0.2, 0) is 0 Å². The first kappa shape index (κ1) is 6.92. The van der Waals surface area contributed by atoms with E-state index in [1.54, 1.807) is 0 Å². The Balaban J connectivity index is 3.03. The quantitative estimate of drug-likeness (QED) is 0.650. The van der Waals surface area contributed by atoms with Crippen LogP contribution in [-0.4, -0.2) is 4.98 Å². The van der Waals surface area contributed by atoms with Crippen molar-refractivity contribution in [3.8, 4) is 0 Å². The maximum Gasteiger partial charge on any atom is 0.265 e. The smallest absolute Gasteiger partial charge is 0.265 e. The lowest BCUT2D eigenvalue weighted by atomic mass is 10.2. The normalized spacial score (nSPS) is 10.3. The molecule has 1 aromatic heterocycles. The van der Waals surface area contributed by atoms with Gasteiger partial charge in [0.05, 0.1) is 11.9 Å². The first-order valence-electron chi connectivity index (χ1n) is 2.69. The van der Waals surface area contributed by atoms with E-state index in [0.717, 1.165) is 0 Å². The molecule has 2 nitrogen and oxygen atoms in total. The van der Waals surface area contributed by atoms with Gasteiger partial charge in [-0.1, -0.05) is 0 Å². The second kappa shape index (κ2) is 2.60. The van der Waals surface area contributed by atoms with E-state index in [0.29, 0.717) is 0 Å². The van der Waals surface area contributed by atoms with E-state index in [1.807, 2.05) is 0 Å². The fraction of sp³-hybridized carbons (Fsp3) is 0.167. The van der Waals surface area contributed by atoms with Crippen molar-refractivity contribution < 1.29 is 8.78 Å². The molecule has 1 aromatic rings. The second-order valence-corrected chi connectivity index (χ2v) is 1.81. The number of pyridine rings is 1. The summed E-state index contributed by atoms with van der Waals surface area (Å²) in [6.45, 7) is 0. The molecule has 0 unspecified atom stereocenters. The fourth-order valence-corrected chi connectivity index (χ4v) is 0.616. The highest BCUT2D eigenvalue weighted by Gasteiger charge is 2.08. The molecule has 0 amide bonds. The Kier molecular flexibility index (Phi) is 1.80. The highest BCUT2D eigenvalue weighted by atomic mass is 19.3. The number of halogens is 2. The molecule has 0 saturated heterocycles. The molecule has 1 rings (SSSR count). The average Bonchev–Trinajstić information content (AvgIpc) is 1.88. The van der Waals surface area contributed by atoms with Crippen molar-refractivity contribution in [3.63, 3.8) is 0 Å². The van der Waals surface area contributed by atoms with Crippen molar-refractivity contribution in [1.82, 2.24) is 4.98 Å². The van der Waals surface area contributed by atoms with Crippen LogP contribution in [0.4, 0.5) is 14.5 Å². The zero-order valence-electron chi connectivity index (χ0n) is 5.09. The number of nitrogens with zero attached hydrogens (tertiary/aromatic N) is 1. The number of alkyl halides is 2. The van der Waals surface area contributed by atoms with Crippen molar-refractivity contribution in [1.29, 1.82) is 0 Å². The zero-order valence-corrected chi connectivity index (χ0v) is 5.09. The number of nitrogens with two attached hydrogens (primary N) is 1. The molecule has 2 N–H and O–H groups in total. The first-order valence-corrected chi connectivity index (χ1v) is 2.69. The van der Waals surface area contributed by atoms with E-state index in [4.69, 9.17) is 5.73 Å². The summed E-state index contributed by atoms with van der Waals surface area (Å²) < 4.78 is 23.8. The van der Waals surface area contributed by atoms with Gasteiger partial charge in [0.1, 0.15) is 0 Å². The Morgan fingerprint density at radius 3 is 2.60 bits per heavy atom. The van der Waals surface area contributed by atoms with Crippen LogP contribution in [0.5, 0.6) is 0 Å². The summed E-state index contributed by atoms with van der Waals surface area (Å²) in [5.74, 6) is 0. The van der Waals surface area contributed by atoms with E-state index in [9.17, 15) is 8.78 Å². The standard InChI is InChI=1S/C6H6F2N2/c7-6(8)4-1-2-10-3-5(4)9/h1-3,6H,9H2. The Labute approximate surface area is 56.7 Å². The van der Waals surface area contributed by atoms with Crippen LogP contribution in [0.25, 0.3) is 0 Å². The van der Waals surface area contributed by atoms with Crippen LogP contribution in [0.15, 0.2) is 18.5 Å². The van der Waals surface area contributed by atoms with Crippen molar-refractivity contribution in [2.75, 3.05) is 5.73 Å².